The van der Waals surface area contributed by atoms with Gasteiger partial charge in [0.05, 0.1) is 5.92 Å². The van der Waals surface area contributed by atoms with E-state index in [2.05, 4.69) is 0 Å². The summed E-state index contributed by atoms with van der Waals surface area (Å²) in [6, 6.07) is 0. The molecule has 8 heteroatoms. The molecule has 1 atom stereocenters. The maximum absolute atomic E-state index is 12.0. The molecular weight excluding hydrogens is 292 g/mol. The van der Waals surface area contributed by atoms with Gasteiger partial charge in [-0.1, -0.05) is 0 Å². The SMILES string of the molecule is CC(C)(C)OC(=O)N1CC[C@@H](C(=O)ON2C(=O)CCC2=O)C1. The molecule has 122 valence electrons. The zero-order valence-electron chi connectivity index (χ0n) is 13.0. The van der Waals surface area contributed by atoms with Crippen LogP contribution in [0.5, 0.6) is 0 Å². The van der Waals surface area contributed by atoms with Crippen LogP contribution in [0.4, 0.5) is 4.79 Å². The van der Waals surface area contributed by atoms with Gasteiger partial charge in [-0.05, 0) is 27.2 Å². The first-order valence-corrected chi connectivity index (χ1v) is 7.23. The molecule has 0 saturated carbocycles. The molecule has 0 aliphatic carbocycles. The van der Waals surface area contributed by atoms with E-state index in [-0.39, 0.29) is 19.4 Å². The van der Waals surface area contributed by atoms with Crippen LogP contribution in [0.1, 0.15) is 40.0 Å². The Morgan fingerprint density at radius 2 is 1.73 bits per heavy atom. The minimum Gasteiger partial charge on any atom is -0.444 e. The fourth-order valence-electron chi connectivity index (χ4n) is 2.27. The van der Waals surface area contributed by atoms with Gasteiger partial charge in [-0.25, -0.2) is 9.59 Å². The lowest BCUT2D eigenvalue weighted by atomic mass is 10.1. The highest BCUT2D eigenvalue weighted by Crippen LogP contribution is 2.22. The second-order valence-corrected chi connectivity index (χ2v) is 6.40. The van der Waals surface area contributed by atoms with E-state index < -0.39 is 35.4 Å². The Balaban J connectivity index is 1.87. The maximum atomic E-state index is 12.0. The van der Waals surface area contributed by atoms with Crippen LogP contribution in [-0.2, 0) is 24.0 Å². The fraction of sp³-hybridized carbons (Fsp3) is 0.714. The fourth-order valence-corrected chi connectivity index (χ4v) is 2.27. The Morgan fingerprint density at radius 1 is 1.14 bits per heavy atom. The van der Waals surface area contributed by atoms with Crippen molar-refractivity contribution < 1.29 is 28.8 Å². The molecule has 2 fully saturated rings. The van der Waals surface area contributed by atoms with E-state index in [1.54, 1.807) is 20.8 Å². The second-order valence-electron chi connectivity index (χ2n) is 6.40. The van der Waals surface area contributed by atoms with Gasteiger partial charge in [-0.2, -0.15) is 0 Å². The molecule has 2 aliphatic heterocycles. The molecule has 8 nitrogen and oxygen atoms in total. The van der Waals surface area contributed by atoms with Gasteiger partial charge < -0.3 is 14.5 Å². The molecule has 2 heterocycles. The third kappa shape index (κ3) is 3.75. The van der Waals surface area contributed by atoms with Crippen LogP contribution >= 0.6 is 0 Å². The lowest BCUT2D eigenvalue weighted by Crippen LogP contribution is -2.37. The molecule has 0 spiro atoms. The van der Waals surface area contributed by atoms with Gasteiger partial charge in [0.1, 0.15) is 5.60 Å². The zero-order valence-corrected chi connectivity index (χ0v) is 13.0. The summed E-state index contributed by atoms with van der Waals surface area (Å²) in [6.45, 7) is 5.81. The minimum absolute atomic E-state index is 0.0564. The zero-order chi connectivity index (χ0) is 16.5. The second kappa shape index (κ2) is 5.94. The van der Waals surface area contributed by atoms with Gasteiger partial charge in [0.25, 0.3) is 11.8 Å². The number of hydrogen-bond donors (Lipinski definition) is 0. The summed E-state index contributed by atoms with van der Waals surface area (Å²) in [5, 5.41) is 0.526. The van der Waals surface area contributed by atoms with E-state index in [0.717, 1.165) is 0 Å². The van der Waals surface area contributed by atoms with Crippen molar-refractivity contribution in [1.29, 1.82) is 0 Å². The predicted octanol–water partition coefficient (Wildman–Crippen LogP) is 0.851. The van der Waals surface area contributed by atoms with Crippen LogP contribution in [0.15, 0.2) is 0 Å². The van der Waals surface area contributed by atoms with Crippen LogP contribution < -0.4 is 0 Å². The molecule has 0 radical (unpaired) electrons. The Hall–Kier alpha value is -2.12. The first-order valence-electron chi connectivity index (χ1n) is 7.23. The third-order valence-electron chi connectivity index (χ3n) is 3.36. The van der Waals surface area contributed by atoms with E-state index in [1.807, 2.05) is 0 Å². The highest BCUT2D eigenvalue weighted by atomic mass is 16.7. The Bertz CT molecular complexity index is 494. The van der Waals surface area contributed by atoms with Gasteiger partial charge in [0, 0.05) is 25.9 Å². The maximum Gasteiger partial charge on any atom is 0.410 e. The third-order valence-corrected chi connectivity index (χ3v) is 3.36. The average Bonchev–Trinajstić information content (AvgIpc) is 2.99. The molecule has 0 N–H and O–H groups in total. The number of amides is 3. The summed E-state index contributed by atoms with van der Waals surface area (Å²) in [5.41, 5.74) is -0.607. The van der Waals surface area contributed by atoms with E-state index in [4.69, 9.17) is 9.57 Å². The van der Waals surface area contributed by atoms with Crippen LogP contribution in [0, 0.1) is 5.92 Å². The molecule has 0 unspecified atom stereocenters. The van der Waals surface area contributed by atoms with Crippen molar-refractivity contribution in [2.24, 2.45) is 5.92 Å². The number of hydroxylamine groups is 2. The van der Waals surface area contributed by atoms with Crippen molar-refractivity contribution in [3.05, 3.63) is 0 Å². The largest absolute Gasteiger partial charge is 0.444 e. The van der Waals surface area contributed by atoms with Crippen molar-refractivity contribution in [3.8, 4) is 0 Å². The summed E-state index contributed by atoms with van der Waals surface area (Å²) in [5.74, 6) is -2.26. The van der Waals surface area contributed by atoms with Gasteiger partial charge in [0.15, 0.2) is 0 Å². The topological polar surface area (TPSA) is 93.2 Å². The van der Waals surface area contributed by atoms with E-state index in [1.165, 1.54) is 4.90 Å². The highest BCUT2D eigenvalue weighted by Gasteiger charge is 2.38. The summed E-state index contributed by atoms with van der Waals surface area (Å²) >= 11 is 0. The summed E-state index contributed by atoms with van der Waals surface area (Å²) in [7, 11) is 0. The van der Waals surface area contributed by atoms with Crippen molar-refractivity contribution in [1.82, 2.24) is 9.96 Å². The van der Waals surface area contributed by atoms with Crippen molar-refractivity contribution in [2.75, 3.05) is 13.1 Å². The van der Waals surface area contributed by atoms with Gasteiger partial charge in [-0.15, -0.1) is 5.06 Å². The number of rotatable bonds is 2. The smallest absolute Gasteiger partial charge is 0.410 e. The Kier molecular flexibility index (Phi) is 4.39. The Labute approximate surface area is 128 Å². The van der Waals surface area contributed by atoms with E-state index in [0.29, 0.717) is 18.0 Å². The molecule has 0 aromatic heterocycles. The van der Waals surface area contributed by atoms with Crippen LogP contribution in [0.3, 0.4) is 0 Å². The van der Waals surface area contributed by atoms with E-state index in [9.17, 15) is 19.2 Å². The lowest BCUT2D eigenvalue weighted by molar-refractivity contribution is -0.200. The molecule has 2 saturated heterocycles. The first kappa shape index (κ1) is 16.3. The monoisotopic (exact) mass is 312 g/mol. The molecule has 0 aromatic carbocycles. The van der Waals surface area contributed by atoms with Gasteiger partial charge in [-0.3, -0.25) is 9.59 Å². The quantitative estimate of drug-likeness (QED) is 0.702. The van der Waals surface area contributed by atoms with Gasteiger partial charge in [0.2, 0.25) is 0 Å². The Morgan fingerprint density at radius 3 is 2.27 bits per heavy atom. The summed E-state index contributed by atoms with van der Waals surface area (Å²) in [6.07, 6.45) is 0.0340. The predicted molar refractivity (Wildman–Crippen MR) is 73.1 cm³/mol. The average molecular weight is 312 g/mol. The molecule has 2 rings (SSSR count). The molecule has 0 bridgehead atoms. The number of imide groups is 1. The minimum atomic E-state index is -0.672. The molecule has 22 heavy (non-hydrogen) atoms. The molecular formula is C14H20N2O6. The van der Waals surface area contributed by atoms with Crippen molar-refractivity contribution >= 4 is 23.9 Å². The highest BCUT2D eigenvalue weighted by molar-refractivity contribution is 6.01. The summed E-state index contributed by atoms with van der Waals surface area (Å²) in [4.78, 5) is 53.0. The number of likely N-dealkylation sites (tertiary alicyclic amines) is 1. The molecule has 3 amide bonds. The van der Waals surface area contributed by atoms with Crippen molar-refractivity contribution in [2.45, 2.75) is 45.6 Å². The lowest BCUT2D eigenvalue weighted by Gasteiger charge is -2.24. The number of nitrogens with zero attached hydrogens (tertiary/aromatic N) is 2. The standard InChI is InChI=1S/C14H20N2O6/c1-14(2,3)21-13(20)15-7-6-9(8-15)12(19)22-16-10(17)4-5-11(16)18/h9H,4-8H2,1-3H3/t9-/m1/s1. The number of hydrogen-bond acceptors (Lipinski definition) is 6. The van der Waals surface area contributed by atoms with Crippen LogP contribution in [-0.4, -0.2) is 52.5 Å². The van der Waals surface area contributed by atoms with Crippen LogP contribution in [0.2, 0.25) is 0 Å². The summed E-state index contributed by atoms with van der Waals surface area (Å²) < 4.78 is 5.23. The number of ether oxygens (including phenoxy) is 1. The van der Waals surface area contributed by atoms with E-state index >= 15 is 0 Å². The first-order chi connectivity index (χ1) is 10.2. The van der Waals surface area contributed by atoms with Crippen molar-refractivity contribution in [3.63, 3.8) is 0 Å². The number of carbonyl (C=O) groups excluding carboxylic acids is 4. The number of carbonyl (C=O) groups is 4. The normalized spacial score (nSPS) is 22.2. The van der Waals surface area contributed by atoms with Gasteiger partial charge >= 0.3 is 12.1 Å². The molecule has 0 aromatic rings. The van der Waals surface area contributed by atoms with Crippen LogP contribution in [0.25, 0.3) is 0 Å². The molecule has 2 aliphatic rings.